The Labute approximate surface area is 150 Å². The molecule has 1 spiro atoms. The molecule has 0 radical (unpaired) electrons. The molecule has 2 aliphatic rings. The second-order valence-corrected chi connectivity index (χ2v) is 7.29. The number of amides is 2. The molecule has 1 heterocycles. The summed E-state index contributed by atoms with van der Waals surface area (Å²) in [5, 5.41) is 11.0. The zero-order chi connectivity index (χ0) is 17.9. The average molecular weight is 349 g/mol. The lowest BCUT2D eigenvalue weighted by Gasteiger charge is -2.60. The highest BCUT2D eigenvalue weighted by molar-refractivity contribution is 5.74. The number of carbonyl (C=O) groups is 1. The van der Waals surface area contributed by atoms with Gasteiger partial charge in [-0.15, -0.1) is 10.2 Å². The summed E-state index contributed by atoms with van der Waals surface area (Å²) in [6.07, 6.45) is 9.08. The van der Waals surface area contributed by atoms with Crippen LogP contribution in [-0.4, -0.2) is 51.5 Å². The number of hydrogen-bond acceptors (Lipinski definition) is 4. The van der Waals surface area contributed by atoms with Crippen LogP contribution in [0.15, 0.2) is 6.33 Å². The van der Waals surface area contributed by atoms with Crippen molar-refractivity contribution in [3.05, 3.63) is 12.2 Å². The van der Waals surface area contributed by atoms with Crippen LogP contribution in [0.4, 0.5) is 4.79 Å². The third kappa shape index (κ3) is 3.38. The van der Waals surface area contributed by atoms with Crippen molar-refractivity contribution in [3.63, 3.8) is 0 Å². The fourth-order valence-electron chi connectivity index (χ4n) is 4.67. The lowest BCUT2D eigenvalue weighted by molar-refractivity contribution is -0.170. The van der Waals surface area contributed by atoms with Gasteiger partial charge in [-0.05, 0) is 33.1 Å². The second kappa shape index (κ2) is 7.72. The van der Waals surface area contributed by atoms with Gasteiger partial charge in [-0.25, -0.2) is 4.79 Å². The Balaban J connectivity index is 1.61. The van der Waals surface area contributed by atoms with E-state index in [2.05, 4.69) is 22.4 Å². The van der Waals surface area contributed by atoms with E-state index < -0.39 is 0 Å². The lowest BCUT2D eigenvalue weighted by Crippen LogP contribution is -2.66. The average Bonchev–Trinajstić information content (AvgIpc) is 3.10. The summed E-state index contributed by atoms with van der Waals surface area (Å²) in [7, 11) is 1.92. The Bertz CT molecular complexity index is 582. The highest BCUT2D eigenvalue weighted by Crippen LogP contribution is 2.55. The number of nitrogens with one attached hydrogen (secondary N) is 1. The summed E-state index contributed by atoms with van der Waals surface area (Å²) in [6.45, 7) is 6.06. The van der Waals surface area contributed by atoms with E-state index in [1.165, 1.54) is 32.1 Å². The molecule has 2 amide bonds. The molecule has 25 heavy (non-hydrogen) atoms. The first-order valence-corrected chi connectivity index (χ1v) is 9.61. The van der Waals surface area contributed by atoms with E-state index in [-0.39, 0.29) is 17.5 Å². The largest absolute Gasteiger partial charge is 0.378 e. The monoisotopic (exact) mass is 349 g/mol. The summed E-state index contributed by atoms with van der Waals surface area (Å²) < 4.78 is 7.94. The normalized spacial score (nSPS) is 24.8. The van der Waals surface area contributed by atoms with E-state index in [9.17, 15) is 4.79 Å². The van der Waals surface area contributed by atoms with E-state index in [1.807, 2.05) is 23.4 Å². The zero-order valence-corrected chi connectivity index (χ0v) is 15.7. The predicted octanol–water partition coefficient (Wildman–Crippen LogP) is 2.57. The molecule has 2 unspecified atom stereocenters. The van der Waals surface area contributed by atoms with E-state index >= 15 is 0 Å². The quantitative estimate of drug-likeness (QED) is 0.857. The van der Waals surface area contributed by atoms with Crippen LogP contribution in [0.2, 0.25) is 0 Å². The van der Waals surface area contributed by atoms with Crippen LogP contribution in [-0.2, 0) is 17.8 Å². The van der Waals surface area contributed by atoms with Gasteiger partial charge in [0.25, 0.3) is 0 Å². The summed E-state index contributed by atoms with van der Waals surface area (Å²) in [6, 6.07) is 0.240. The van der Waals surface area contributed by atoms with Gasteiger partial charge in [-0.1, -0.05) is 19.3 Å². The van der Waals surface area contributed by atoms with Crippen LogP contribution in [0.25, 0.3) is 0 Å². The maximum Gasteiger partial charge on any atom is 0.317 e. The van der Waals surface area contributed by atoms with Gasteiger partial charge in [-0.3, -0.25) is 0 Å². The molecule has 0 aliphatic heterocycles. The van der Waals surface area contributed by atoms with Gasteiger partial charge in [-0.2, -0.15) is 0 Å². The van der Waals surface area contributed by atoms with Gasteiger partial charge in [0.15, 0.2) is 5.82 Å². The molecule has 1 N–H and O–H groups in total. The minimum absolute atomic E-state index is 0.0319. The van der Waals surface area contributed by atoms with E-state index in [0.29, 0.717) is 12.6 Å². The van der Waals surface area contributed by atoms with Crippen molar-refractivity contribution in [1.82, 2.24) is 25.0 Å². The topological polar surface area (TPSA) is 72.3 Å². The SMILES string of the molecule is CCOC1CC(N(C)C(=O)NCc2nncn2CC)C12CCCCC2. The number of carbonyl (C=O) groups excluding carboxylic acids is 1. The number of aromatic nitrogens is 3. The van der Waals surface area contributed by atoms with Crippen LogP contribution in [0.3, 0.4) is 0 Å². The number of nitrogens with zero attached hydrogens (tertiary/aromatic N) is 4. The number of aryl methyl sites for hydroxylation is 1. The second-order valence-electron chi connectivity index (χ2n) is 7.29. The molecule has 2 aliphatic carbocycles. The minimum atomic E-state index is -0.0319. The van der Waals surface area contributed by atoms with E-state index in [1.54, 1.807) is 6.33 Å². The number of ether oxygens (including phenoxy) is 1. The van der Waals surface area contributed by atoms with Crippen molar-refractivity contribution in [2.75, 3.05) is 13.7 Å². The first-order valence-electron chi connectivity index (χ1n) is 9.61. The van der Waals surface area contributed by atoms with Gasteiger partial charge >= 0.3 is 6.03 Å². The van der Waals surface area contributed by atoms with Crippen molar-refractivity contribution in [3.8, 4) is 0 Å². The Morgan fingerprint density at radius 1 is 1.40 bits per heavy atom. The highest BCUT2D eigenvalue weighted by Gasteiger charge is 2.57. The van der Waals surface area contributed by atoms with Gasteiger partial charge in [0.1, 0.15) is 6.33 Å². The Morgan fingerprint density at radius 2 is 2.16 bits per heavy atom. The molecular formula is C18H31N5O2. The van der Waals surface area contributed by atoms with Crippen LogP contribution >= 0.6 is 0 Å². The van der Waals surface area contributed by atoms with Crippen molar-refractivity contribution >= 4 is 6.03 Å². The first kappa shape index (κ1) is 18.2. The maximum atomic E-state index is 12.7. The summed E-state index contributed by atoms with van der Waals surface area (Å²) in [5.74, 6) is 0.789. The van der Waals surface area contributed by atoms with Crippen LogP contribution in [0, 0.1) is 5.41 Å². The van der Waals surface area contributed by atoms with Crippen molar-refractivity contribution in [2.45, 2.75) is 77.6 Å². The molecule has 2 saturated carbocycles. The fraction of sp³-hybridized carbons (Fsp3) is 0.833. The molecule has 1 aromatic heterocycles. The highest BCUT2D eigenvalue weighted by atomic mass is 16.5. The van der Waals surface area contributed by atoms with Crippen LogP contribution < -0.4 is 5.32 Å². The van der Waals surface area contributed by atoms with Crippen molar-refractivity contribution in [2.24, 2.45) is 5.41 Å². The minimum Gasteiger partial charge on any atom is -0.378 e. The lowest BCUT2D eigenvalue weighted by atomic mass is 9.54. The smallest absolute Gasteiger partial charge is 0.317 e. The molecular weight excluding hydrogens is 318 g/mol. The fourth-order valence-corrected chi connectivity index (χ4v) is 4.67. The maximum absolute atomic E-state index is 12.7. The molecule has 3 rings (SSSR count). The Hall–Kier alpha value is -1.63. The standard InChI is InChI=1S/C18H31N5O2/c1-4-23-13-20-21-16(23)12-19-17(24)22(3)14-11-15(25-5-2)18(14)9-7-6-8-10-18/h13-15H,4-12H2,1-3H3,(H,19,24). The third-order valence-corrected chi connectivity index (χ3v) is 6.12. The molecule has 140 valence electrons. The molecule has 7 heteroatoms. The number of rotatable bonds is 6. The third-order valence-electron chi connectivity index (χ3n) is 6.12. The first-order chi connectivity index (χ1) is 12.1. The number of urea groups is 1. The van der Waals surface area contributed by atoms with Crippen molar-refractivity contribution in [1.29, 1.82) is 0 Å². The Kier molecular flexibility index (Phi) is 5.61. The van der Waals surface area contributed by atoms with E-state index in [4.69, 9.17) is 4.74 Å². The molecule has 0 bridgehead atoms. The van der Waals surface area contributed by atoms with Crippen LogP contribution in [0.1, 0.15) is 58.2 Å². The predicted molar refractivity (Wildman–Crippen MR) is 95.0 cm³/mol. The van der Waals surface area contributed by atoms with Gasteiger partial charge < -0.3 is 19.5 Å². The number of hydrogen-bond donors (Lipinski definition) is 1. The molecule has 2 fully saturated rings. The summed E-state index contributed by atoms with van der Waals surface area (Å²) in [4.78, 5) is 14.6. The molecule has 7 nitrogen and oxygen atoms in total. The van der Waals surface area contributed by atoms with Gasteiger partial charge in [0, 0.05) is 31.7 Å². The van der Waals surface area contributed by atoms with Gasteiger partial charge in [0.05, 0.1) is 12.6 Å². The zero-order valence-electron chi connectivity index (χ0n) is 15.7. The van der Waals surface area contributed by atoms with Crippen molar-refractivity contribution < 1.29 is 9.53 Å². The van der Waals surface area contributed by atoms with Crippen LogP contribution in [0.5, 0.6) is 0 Å². The summed E-state index contributed by atoms with van der Waals surface area (Å²) in [5.41, 5.74) is 0.157. The van der Waals surface area contributed by atoms with E-state index in [0.717, 1.165) is 25.4 Å². The summed E-state index contributed by atoms with van der Waals surface area (Å²) >= 11 is 0. The van der Waals surface area contributed by atoms with Gasteiger partial charge in [0.2, 0.25) is 0 Å². The molecule has 0 saturated heterocycles. The molecule has 0 aromatic carbocycles. The Morgan fingerprint density at radius 3 is 2.84 bits per heavy atom. The molecule has 2 atom stereocenters. The molecule has 1 aromatic rings.